The average molecular weight is 280 g/mol. The summed E-state index contributed by atoms with van der Waals surface area (Å²) in [7, 11) is 1.63. The third-order valence-corrected chi connectivity index (χ3v) is 2.71. The molecular weight excluding hydrogens is 256 g/mol. The maximum absolute atomic E-state index is 11.5. The average Bonchev–Trinajstić information content (AvgIpc) is 2.49. The predicted molar refractivity (Wildman–Crippen MR) is 79.3 cm³/mol. The SMILES string of the molecule is CCCNCCC(=O)NCCOc1ccc(OC)cc1. The quantitative estimate of drug-likeness (QED) is 0.639. The summed E-state index contributed by atoms with van der Waals surface area (Å²) >= 11 is 0. The first-order valence-electron chi connectivity index (χ1n) is 7.00. The number of ether oxygens (including phenoxy) is 2. The van der Waals surface area contributed by atoms with Crippen LogP contribution in [0.5, 0.6) is 11.5 Å². The standard InChI is InChI=1S/C15H24N2O3/c1-3-9-16-10-8-15(18)17-11-12-20-14-6-4-13(19-2)5-7-14/h4-7,16H,3,8-12H2,1-2H3,(H,17,18). The van der Waals surface area contributed by atoms with Gasteiger partial charge in [-0.15, -0.1) is 0 Å². The van der Waals surface area contributed by atoms with Crippen molar-refractivity contribution in [1.29, 1.82) is 0 Å². The first kappa shape index (κ1) is 16.3. The Morgan fingerprint density at radius 3 is 2.45 bits per heavy atom. The summed E-state index contributed by atoms with van der Waals surface area (Å²) in [4.78, 5) is 11.5. The zero-order valence-corrected chi connectivity index (χ0v) is 12.3. The maximum atomic E-state index is 11.5. The molecule has 0 atom stereocenters. The van der Waals surface area contributed by atoms with Crippen LogP contribution in [-0.4, -0.2) is 39.3 Å². The molecule has 0 spiro atoms. The minimum atomic E-state index is 0.0481. The summed E-state index contributed by atoms with van der Waals surface area (Å²) in [5, 5.41) is 6.01. The highest BCUT2D eigenvalue weighted by molar-refractivity contribution is 5.76. The molecule has 1 rings (SSSR count). The third-order valence-electron chi connectivity index (χ3n) is 2.71. The van der Waals surface area contributed by atoms with Crippen molar-refractivity contribution in [2.45, 2.75) is 19.8 Å². The number of nitrogens with one attached hydrogen (secondary N) is 2. The summed E-state index contributed by atoms with van der Waals surface area (Å²) in [6.45, 7) is 4.75. The van der Waals surface area contributed by atoms with Crippen molar-refractivity contribution < 1.29 is 14.3 Å². The van der Waals surface area contributed by atoms with E-state index in [2.05, 4.69) is 17.6 Å². The van der Waals surface area contributed by atoms with E-state index in [1.54, 1.807) is 7.11 Å². The fraction of sp³-hybridized carbons (Fsp3) is 0.533. The molecule has 2 N–H and O–H groups in total. The molecule has 0 saturated heterocycles. The van der Waals surface area contributed by atoms with Gasteiger partial charge in [0.1, 0.15) is 18.1 Å². The highest BCUT2D eigenvalue weighted by atomic mass is 16.5. The molecule has 1 amide bonds. The predicted octanol–water partition coefficient (Wildman–Crippen LogP) is 1.58. The molecule has 0 aliphatic heterocycles. The van der Waals surface area contributed by atoms with Gasteiger partial charge < -0.3 is 20.1 Å². The van der Waals surface area contributed by atoms with Gasteiger partial charge >= 0.3 is 0 Å². The Morgan fingerprint density at radius 1 is 1.10 bits per heavy atom. The Hall–Kier alpha value is -1.75. The first-order chi connectivity index (χ1) is 9.76. The Kier molecular flexibility index (Phi) is 8.22. The molecule has 0 heterocycles. The number of carbonyl (C=O) groups is 1. The molecular formula is C15H24N2O3. The molecule has 0 unspecified atom stereocenters. The summed E-state index contributed by atoms with van der Waals surface area (Å²) in [5.41, 5.74) is 0. The number of rotatable bonds is 10. The molecule has 0 aliphatic rings. The topological polar surface area (TPSA) is 59.6 Å². The summed E-state index contributed by atoms with van der Waals surface area (Å²) < 4.78 is 10.6. The summed E-state index contributed by atoms with van der Waals surface area (Å²) in [5.74, 6) is 1.61. The van der Waals surface area contributed by atoms with Crippen LogP contribution in [0.2, 0.25) is 0 Å². The Morgan fingerprint density at radius 2 is 1.80 bits per heavy atom. The van der Waals surface area contributed by atoms with Crippen molar-refractivity contribution in [3.8, 4) is 11.5 Å². The van der Waals surface area contributed by atoms with Crippen molar-refractivity contribution >= 4 is 5.91 Å². The van der Waals surface area contributed by atoms with E-state index >= 15 is 0 Å². The van der Waals surface area contributed by atoms with Gasteiger partial charge in [-0.1, -0.05) is 6.92 Å². The van der Waals surface area contributed by atoms with Crippen molar-refractivity contribution in [1.82, 2.24) is 10.6 Å². The molecule has 0 bridgehead atoms. The molecule has 0 aliphatic carbocycles. The van der Waals surface area contributed by atoms with Gasteiger partial charge in [0, 0.05) is 13.0 Å². The van der Waals surface area contributed by atoms with Gasteiger partial charge in [-0.2, -0.15) is 0 Å². The smallest absolute Gasteiger partial charge is 0.221 e. The van der Waals surface area contributed by atoms with Crippen molar-refractivity contribution in [3.05, 3.63) is 24.3 Å². The van der Waals surface area contributed by atoms with Gasteiger partial charge in [0.25, 0.3) is 0 Å². The summed E-state index contributed by atoms with van der Waals surface area (Å²) in [6.07, 6.45) is 1.58. The van der Waals surface area contributed by atoms with Gasteiger partial charge in [0.2, 0.25) is 5.91 Å². The van der Waals surface area contributed by atoms with E-state index < -0.39 is 0 Å². The lowest BCUT2D eigenvalue weighted by atomic mass is 10.3. The number of hydrogen-bond acceptors (Lipinski definition) is 4. The normalized spacial score (nSPS) is 10.1. The Bertz CT molecular complexity index is 379. The van der Waals surface area contributed by atoms with E-state index in [4.69, 9.17) is 9.47 Å². The van der Waals surface area contributed by atoms with Crippen LogP contribution in [0.25, 0.3) is 0 Å². The number of amides is 1. The monoisotopic (exact) mass is 280 g/mol. The van der Waals surface area contributed by atoms with Gasteiger partial charge in [-0.05, 0) is 37.2 Å². The molecule has 0 fully saturated rings. The van der Waals surface area contributed by atoms with Crippen LogP contribution in [0.15, 0.2) is 24.3 Å². The van der Waals surface area contributed by atoms with Crippen LogP contribution >= 0.6 is 0 Å². The van der Waals surface area contributed by atoms with Crippen LogP contribution in [0.3, 0.4) is 0 Å². The summed E-state index contributed by atoms with van der Waals surface area (Å²) in [6, 6.07) is 7.37. The molecule has 0 radical (unpaired) electrons. The van der Waals surface area contributed by atoms with Crippen LogP contribution in [0.1, 0.15) is 19.8 Å². The van der Waals surface area contributed by atoms with Crippen LogP contribution in [-0.2, 0) is 4.79 Å². The van der Waals surface area contributed by atoms with Crippen molar-refractivity contribution in [2.24, 2.45) is 0 Å². The zero-order chi connectivity index (χ0) is 14.6. The number of hydrogen-bond donors (Lipinski definition) is 2. The van der Waals surface area contributed by atoms with E-state index in [0.717, 1.165) is 31.0 Å². The second-order valence-electron chi connectivity index (χ2n) is 4.37. The fourth-order valence-electron chi connectivity index (χ4n) is 1.62. The molecule has 0 aromatic heterocycles. The number of benzene rings is 1. The molecule has 5 heteroatoms. The van der Waals surface area contributed by atoms with Crippen LogP contribution in [0, 0.1) is 0 Å². The van der Waals surface area contributed by atoms with Crippen LogP contribution in [0.4, 0.5) is 0 Å². The molecule has 1 aromatic rings. The highest BCUT2D eigenvalue weighted by Gasteiger charge is 2.00. The zero-order valence-electron chi connectivity index (χ0n) is 12.3. The lowest BCUT2D eigenvalue weighted by molar-refractivity contribution is -0.121. The number of methoxy groups -OCH3 is 1. The maximum Gasteiger partial charge on any atom is 0.221 e. The van der Waals surface area contributed by atoms with Gasteiger partial charge in [0.15, 0.2) is 0 Å². The van der Waals surface area contributed by atoms with Crippen LogP contribution < -0.4 is 20.1 Å². The number of carbonyl (C=O) groups excluding carboxylic acids is 1. The lowest BCUT2D eigenvalue weighted by Crippen LogP contribution is -2.31. The second kappa shape index (κ2) is 10.1. The van der Waals surface area contributed by atoms with Gasteiger partial charge in [-0.3, -0.25) is 4.79 Å². The van der Waals surface area contributed by atoms with E-state index in [1.807, 2.05) is 24.3 Å². The van der Waals surface area contributed by atoms with E-state index in [1.165, 1.54) is 0 Å². The minimum Gasteiger partial charge on any atom is -0.497 e. The molecule has 112 valence electrons. The molecule has 1 aromatic carbocycles. The lowest BCUT2D eigenvalue weighted by Gasteiger charge is -2.08. The second-order valence-corrected chi connectivity index (χ2v) is 4.37. The third kappa shape index (κ3) is 6.99. The van der Waals surface area contributed by atoms with Crippen molar-refractivity contribution in [2.75, 3.05) is 33.4 Å². The Labute approximate surface area is 120 Å². The van der Waals surface area contributed by atoms with Gasteiger partial charge in [-0.25, -0.2) is 0 Å². The molecule has 20 heavy (non-hydrogen) atoms. The fourth-order valence-corrected chi connectivity index (χ4v) is 1.62. The Balaban J connectivity index is 2.07. The van der Waals surface area contributed by atoms with Crippen molar-refractivity contribution in [3.63, 3.8) is 0 Å². The molecule has 0 saturated carbocycles. The van der Waals surface area contributed by atoms with E-state index in [-0.39, 0.29) is 5.91 Å². The molecule has 5 nitrogen and oxygen atoms in total. The minimum absolute atomic E-state index is 0.0481. The van der Waals surface area contributed by atoms with Gasteiger partial charge in [0.05, 0.1) is 13.7 Å². The largest absolute Gasteiger partial charge is 0.497 e. The highest BCUT2D eigenvalue weighted by Crippen LogP contribution is 2.16. The first-order valence-corrected chi connectivity index (χ1v) is 7.00. The van der Waals surface area contributed by atoms with E-state index in [0.29, 0.717) is 19.6 Å². The van der Waals surface area contributed by atoms with E-state index in [9.17, 15) is 4.79 Å².